The number of nitrogens with one attached hydrogen (secondary N) is 1. The Morgan fingerprint density at radius 1 is 1.30 bits per heavy atom. The number of carbonyl (C=O) groups is 1. The monoisotopic (exact) mass is 371 g/mol. The first-order chi connectivity index (χ1) is 13.0. The number of aromatic hydroxyl groups is 1. The molecular formula is C17H17N5O5. The van der Waals surface area contributed by atoms with Crippen molar-refractivity contribution in [3.8, 4) is 5.75 Å². The zero-order chi connectivity index (χ0) is 19.2. The molecule has 140 valence electrons. The van der Waals surface area contributed by atoms with Gasteiger partial charge in [0.1, 0.15) is 19.1 Å². The molecule has 0 radical (unpaired) electrons. The predicted octanol–water partition coefficient (Wildman–Crippen LogP) is 0.638. The summed E-state index contributed by atoms with van der Waals surface area (Å²) < 4.78 is 11.9. The lowest BCUT2D eigenvalue weighted by atomic mass is 10.2. The number of nitrogens with zero attached hydrogens (tertiary/aromatic N) is 3. The molecule has 0 spiro atoms. The molecule has 0 saturated heterocycles. The number of aromatic amines is 1. The Morgan fingerprint density at radius 2 is 2.07 bits per heavy atom. The van der Waals surface area contributed by atoms with Crippen molar-refractivity contribution in [3.63, 3.8) is 0 Å². The molecule has 0 bridgehead atoms. The zero-order valence-corrected chi connectivity index (χ0v) is 14.2. The Labute approximate surface area is 152 Å². The fourth-order valence-corrected chi connectivity index (χ4v) is 2.23. The summed E-state index contributed by atoms with van der Waals surface area (Å²) in [6.07, 6.45) is 4.28. The third kappa shape index (κ3) is 4.70. The minimum absolute atomic E-state index is 0.0106. The van der Waals surface area contributed by atoms with Gasteiger partial charge < -0.3 is 20.3 Å². The zero-order valence-electron chi connectivity index (χ0n) is 14.2. The number of hydrogen-bond donors (Lipinski definition) is 3. The highest BCUT2D eigenvalue weighted by atomic mass is 16.6. The SMILES string of the molecule is Nc1nc2c(ncn2COCCOC(=O)/C=C/c2ccc(O)cc2)c(=O)[nH]1. The molecule has 10 nitrogen and oxygen atoms in total. The van der Waals surface area contributed by atoms with E-state index in [-0.39, 0.29) is 37.2 Å². The summed E-state index contributed by atoms with van der Waals surface area (Å²) in [6, 6.07) is 6.39. The third-order valence-corrected chi connectivity index (χ3v) is 3.50. The number of imidazole rings is 1. The lowest BCUT2D eigenvalue weighted by Gasteiger charge is -2.06. The van der Waals surface area contributed by atoms with E-state index in [0.29, 0.717) is 5.65 Å². The van der Waals surface area contributed by atoms with Gasteiger partial charge in [0.2, 0.25) is 5.95 Å². The highest BCUT2D eigenvalue weighted by Crippen LogP contribution is 2.10. The molecule has 0 saturated carbocycles. The number of fused-ring (bicyclic) bond motifs is 1. The first kappa shape index (κ1) is 18.1. The van der Waals surface area contributed by atoms with Crippen LogP contribution >= 0.6 is 0 Å². The van der Waals surface area contributed by atoms with Crippen molar-refractivity contribution in [1.29, 1.82) is 0 Å². The summed E-state index contributed by atoms with van der Waals surface area (Å²) in [6.45, 7) is 0.284. The largest absolute Gasteiger partial charge is 0.508 e. The van der Waals surface area contributed by atoms with Gasteiger partial charge in [-0.3, -0.25) is 14.3 Å². The number of esters is 1. The molecule has 0 unspecified atom stereocenters. The number of aromatic nitrogens is 4. The fourth-order valence-electron chi connectivity index (χ4n) is 2.23. The average molecular weight is 371 g/mol. The molecule has 3 aromatic rings. The lowest BCUT2D eigenvalue weighted by Crippen LogP contribution is -2.13. The maximum Gasteiger partial charge on any atom is 0.330 e. The van der Waals surface area contributed by atoms with Crippen LogP contribution in [0.4, 0.5) is 5.95 Å². The second-order valence-corrected chi connectivity index (χ2v) is 5.47. The van der Waals surface area contributed by atoms with E-state index in [1.165, 1.54) is 29.1 Å². The molecule has 1 aromatic carbocycles. The maximum atomic E-state index is 11.7. The molecule has 2 aromatic heterocycles. The fraction of sp³-hybridized carbons (Fsp3) is 0.176. The molecule has 2 heterocycles. The highest BCUT2D eigenvalue weighted by molar-refractivity contribution is 5.87. The number of hydrogen-bond acceptors (Lipinski definition) is 8. The predicted molar refractivity (Wildman–Crippen MR) is 96.6 cm³/mol. The van der Waals surface area contributed by atoms with Gasteiger partial charge in [-0.15, -0.1) is 0 Å². The van der Waals surface area contributed by atoms with E-state index < -0.39 is 11.5 Å². The van der Waals surface area contributed by atoms with E-state index >= 15 is 0 Å². The number of benzene rings is 1. The second-order valence-electron chi connectivity index (χ2n) is 5.47. The van der Waals surface area contributed by atoms with Crippen molar-refractivity contribution in [3.05, 3.63) is 52.6 Å². The van der Waals surface area contributed by atoms with Crippen molar-refractivity contribution in [1.82, 2.24) is 19.5 Å². The Kier molecular flexibility index (Phi) is 5.47. The van der Waals surface area contributed by atoms with Crippen molar-refractivity contribution >= 4 is 29.2 Å². The average Bonchev–Trinajstić information content (AvgIpc) is 3.04. The van der Waals surface area contributed by atoms with Crippen LogP contribution in [0.25, 0.3) is 17.2 Å². The van der Waals surface area contributed by atoms with Crippen LogP contribution < -0.4 is 11.3 Å². The van der Waals surface area contributed by atoms with Crippen LogP contribution in [0.5, 0.6) is 5.75 Å². The number of phenols is 1. The number of ether oxygens (including phenoxy) is 2. The van der Waals surface area contributed by atoms with Crippen LogP contribution in [0.2, 0.25) is 0 Å². The van der Waals surface area contributed by atoms with E-state index in [9.17, 15) is 14.7 Å². The Hall–Kier alpha value is -3.66. The molecule has 4 N–H and O–H groups in total. The number of rotatable bonds is 7. The molecule has 0 atom stereocenters. The van der Waals surface area contributed by atoms with Crippen molar-refractivity contribution in [2.45, 2.75) is 6.73 Å². The first-order valence-electron chi connectivity index (χ1n) is 7.95. The van der Waals surface area contributed by atoms with Crippen LogP contribution in [-0.2, 0) is 21.0 Å². The molecular weight excluding hydrogens is 354 g/mol. The number of carbonyl (C=O) groups excluding carboxylic acids is 1. The Bertz CT molecular complexity index is 1020. The smallest absolute Gasteiger partial charge is 0.330 e. The summed E-state index contributed by atoms with van der Waals surface area (Å²) >= 11 is 0. The molecule has 27 heavy (non-hydrogen) atoms. The van der Waals surface area contributed by atoms with E-state index in [1.807, 2.05) is 0 Å². The number of phenolic OH excluding ortho intramolecular Hbond substituents is 1. The van der Waals surface area contributed by atoms with Gasteiger partial charge in [-0.1, -0.05) is 12.1 Å². The first-order valence-corrected chi connectivity index (χ1v) is 7.95. The van der Waals surface area contributed by atoms with Crippen LogP contribution in [0, 0.1) is 0 Å². The summed E-state index contributed by atoms with van der Waals surface area (Å²) in [5.41, 5.74) is 6.32. The van der Waals surface area contributed by atoms with E-state index in [4.69, 9.17) is 15.2 Å². The van der Waals surface area contributed by atoms with Gasteiger partial charge >= 0.3 is 5.97 Å². The van der Waals surface area contributed by atoms with Gasteiger partial charge in [0, 0.05) is 6.08 Å². The second kappa shape index (κ2) is 8.15. The maximum absolute atomic E-state index is 11.7. The van der Waals surface area contributed by atoms with Crippen LogP contribution in [-0.4, -0.2) is 43.8 Å². The third-order valence-electron chi connectivity index (χ3n) is 3.50. The number of H-pyrrole nitrogens is 1. The van der Waals surface area contributed by atoms with Crippen molar-refractivity contribution in [2.24, 2.45) is 0 Å². The van der Waals surface area contributed by atoms with Gasteiger partial charge in [-0.25, -0.2) is 9.78 Å². The summed E-state index contributed by atoms with van der Waals surface area (Å²) in [4.78, 5) is 33.6. The van der Waals surface area contributed by atoms with Gasteiger partial charge in [-0.2, -0.15) is 4.98 Å². The van der Waals surface area contributed by atoms with Crippen LogP contribution in [0.1, 0.15) is 5.56 Å². The quantitative estimate of drug-likeness (QED) is 0.312. The van der Waals surface area contributed by atoms with Gasteiger partial charge in [0.25, 0.3) is 5.56 Å². The minimum Gasteiger partial charge on any atom is -0.508 e. The number of nitrogen functional groups attached to an aromatic ring is 1. The van der Waals surface area contributed by atoms with Crippen molar-refractivity contribution in [2.75, 3.05) is 18.9 Å². The molecule has 3 rings (SSSR count). The Balaban J connectivity index is 1.43. The van der Waals surface area contributed by atoms with Crippen molar-refractivity contribution < 1.29 is 19.4 Å². The number of nitrogens with two attached hydrogens (primary N) is 1. The molecule has 0 aliphatic heterocycles. The van der Waals surface area contributed by atoms with E-state index in [0.717, 1.165) is 5.56 Å². The van der Waals surface area contributed by atoms with E-state index in [2.05, 4.69) is 15.0 Å². The molecule has 0 aliphatic carbocycles. The standard InChI is InChI=1S/C17H17N5O5/c18-17-20-15-14(16(25)21-17)19-9-22(15)10-26-7-8-27-13(24)6-3-11-1-4-12(23)5-2-11/h1-6,9,23H,7-8,10H2,(H3,18,20,21,25)/b6-3+. The topological polar surface area (TPSA) is 145 Å². The molecule has 10 heteroatoms. The summed E-state index contributed by atoms with van der Waals surface area (Å²) in [7, 11) is 0. The normalized spacial score (nSPS) is 11.3. The lowest BCUT2D eigenvalue weighted by molar-refractivity contribution is -0.139. The summed E-state index contributed by atoms with van der Waals surface area (Å²) in [5, 5.41) is 9.19. The highest BCUT2D eigenvalue weighted by Gasteiger charge is 2.09. The van der Waals surface area contributed by atoms with Crippen LogP contribution in [0.3, 0.4) is 0 Å². The summed E-state index contributed by atoms with van der Waals surface area (Å²) in [5.74, 6) is -0.371. The molecule has 0 amide bonds. The van der Waals surface area contributed by atoms with Crippen LogP contribution in [0.15, 0.2) is 41.5 Å². The minimum atomic E-state index is -0.513. The Morgan fingerprint density at radius 3 is 2.85 bits per heavy atom. The van der Waals surface area contributed by atoms with E-state index in [1.54, 1.807) is 18.2 Å². The van der Waals surface area contributed by atoms with Gasteiger partial charge in [-0.05, 0) is 23.8 Å². The number of anilines is 1. The molecule has 0 aliphatic rings. The molecule has 0 fully saturated rings. The van der Waals surface area contributed by atoms with Gasteiger partial charge in [0.15, 0.2) is 11.2 Å². The van der Waals surface area contributed by atoms with Gasteiger partial charge in [0.05, 0.1) is 12.9 Å².